The molecule has 2 aromatic rings. The zero-order valence-corrected chi connectivity index (χ0v) is 17.7. The van der Waals surface area contributed by atoms with E-state index in [-0.39, 0.29) is 23.4 Å². The number of aryl methyl sites for hydroxylation is 1. The Morgan fingerprint density at radius 1 is 1.36 bits per heavy atom. The van der Waals surface area contributed by atoms with Crippen LogP contribution in [0.3, 0.4) is 0 Å². The summed E-state index contributed by atoms with van der Waals surface area (Å²) in [6.07, 6.45) is 3.57. The van der Waals surface area contributed by atoms with Crippen molar-refractivity contribution in [3.05, 3.63) is 16.6 Å². The Morgan fingerprint density at radius 2 is 2.07 bits per heavy atom. The monoisotopic (exact) mass is 388 g/mol. The number of anilines is 1. The van der Waals surface area contributed by atoms with Crippen molar-refractivity contribution >= 4 is 22.9 Å². The van der Waals surface area contributed by atoms with Crippen LogP contribution in [-0.4, -0.2) is 44.8 Å². The quantitative estimate of drug-likeness (QED) is 0.817. The number of fused-ring (bicyclic) bond motifs is 1. The van der Waals surface area contributed by atoms with E-state index in [1.54, 1.807) is 11.7 Å². The third kappa shape index (κ3) is 3.77. The van der Waals surface area contributed by atoms with Crippen molar-refractivity contribution in [3.8, 4) is 0 Å². The minimum atomic E-state index is -0.403. The van der Waals surface area contributed by atoms with Crippen molar-refractivity contribution in [1.29, 1.82) is 0 Å². The third-order valence-corrected chi connectivity index (χ3v) is 6.44. The Morgan fingerprint density at radius 3 is 2.75 bits per heavy atom. The third-order valence-electron chi connectivity index (χ3n) is 6.44. The summed E-state index contributed by atoms with van der Waals surface area (Å²) in [5, 5.41) is 7.84. The molecular formula is C20H32N6O2. The molecule has 1 saturated heterocycles. The molecule has 2 atom stereocenters. The highest BCUT2D eigenvalue weighted by molar-refractivity contribution is 5.82. The molecule has 8 heteroatoms. The largest absolute Gasteiger partial charge is 0.353 e. The molecule has 1 fully saturated rings. The molecule has 0 spiro atoms. The second kappa shape index (κ2) is 7.56. The number of aromatic nitrogens is 4. The van der Waals surface area contributed by atoms with Gasteiger partial charge in [0, 0.05) is 31.6 Å². The number of piperidine rings is 1. The van der Waals surface area contributed by atoms with Crippen LogP contribution in [0.15, 0.2) is 11.0 Å². The predicted octanol–water partition coefficient (Wildman–Crippen LogP) is 2.06. The zero-order chi connectivity index (χ0) is 20.6. The van der Waals surface area contributed by atoms with Gasteiger partial charge in [0.1, 0.15) is 5.39 Å². The SMILES string of the molecule is CC(NC(=O)C(C)(C)C(C)C)C1CCCN(c2nc3c(cnn3C)c(=O)[nH]2)C1. The van der Waals surface area contributed by atoms with E-state index in [1.807, 2.05) is 13.8 Å². The van der Waals surface area contributed by atoms with Crippen molar-refractivity contribution in [3.63, 3.8) is 0 Å². The van der Waals surface area contributed by atoms with Gasteiger partial charge in [0.05, 0.1) is 6.20 Å². The Labute approximate surface area is 165 Å². The molecule has 1 amide bonds. The summed E-state index contributed by atoms with van der Waals surface area (Å²) >= 11 is 0. The van der Waals surface area contributed by atoms with Crippen LogP contribution in [0.1, 0.15) is 47.5 Å². The fourth-order valence-electron chi connectivity index (χ4n) is 3.55. The number of nitrogens with one attached hydrogen (secondary N) is 2. The summed E-state index contributed by atoms with van der Waals surface area (Å²) in [5.74, 6) is 1.23. The topological polar surface area (TPSA) is 95.9 Å². The van der Waals surface area contributed by atoms with Gasteiger partial charge >= 0.3 is 0 Å². The standard InChI is InChI=1S/C20H32N6O2/c1-12(2)20(4,5)18(28)22-13(3)14-8-7-9-26(11-14)19-23-16-15(17(27)24-19)10-21-25(16)6/h10,12-14H,7-9,11H2,1-6H3,(H,22,28)(H,23,24,27). The van der Waals surface area contributed by atoms with Crippen molar-refractivity contribution in [2.75, 3.05) is 18.0 Å². The zero-order valence-electron chi connectivity index (χ0n) is 17.7. The lowest BCUT2D eigenvalue weighted by atomic mass is 9.79. The first-order valence-electron chi connectivity index (χ1n) is 10.1. The number of carbonyl (C=O) groups is 1. The highest BCUT2D eigenvalue weighted by atomic mass is 16.2. The number of rotatable bonds is 5. The Bertz CT molecular complexity index is 913. The second-order valence-electron chi connectivity index (χ2n) is 8.88. The molecule has 2 aromatic heterocycles. The van der Waals surface area contributed by atoms with Gasteiger partial charge in [0.25, 0.3) is 5.56 Å². The van der Waals surface area contributed by atoms with Gasteiger partial charge in [-0.1, -0.05) is 27.7 Å². The van der Waals surface area contributed by atoms with Gasteiger partial charge in [-0.05, 0) is 31.6 Å². The van der Waals surface area contributed by atoms with E-state index < -0.39 is 5.41 Å². The number of nitrogens with zero attached hydrogens (tertiary/aromatic N) is 4. The maximum absolute atomic E-state index is 12.7. The van der Waals surface area contributed by atoms with Crippen molar-refractivity contribution < 1.29 is 4.79 Å². The van der Waals surface area contributed by atoms with Crippen molar-refractivity contribution in [1.82, 2.24) is 25.1 Å². The maximum Gasteiger partial charge on any atom is 0.263 e. The Hall–Kier alpha value is -2.38. The predicted molar refractivity (Wildman–Crippen MR) is 110 cm³/mol. The Kier molecular flexibility index (Phi) is 5.50. The summed E-state index contributed by atoms with van der Waals surface area (Å²) in [7, 11) is 1.78. The molecule has 3 rings (SSSR count). The first-order chi connectivity index (χ1) is 13.1. The van der Waals surface area contributed by atoms with E-state index >= 15 is 0 Å². The molecule has 1 aliphatic rings. The van der Waals surface area contributed by atoms with Gasteiger partial charge in [-0.2, -0.15) is 10.1 Å². The molecule has 28 heavy (non-hydrogen) atoms. The Balaban J connectivity index is 1.74. The number of carbonyl (C=O) groups excluding carboxylic acids is 1. The minimum Gasteiger partial charge on any atom is -0.353 e. The molecule has 8 nitrogen and oxygen atoms in total. The van der Waals surface area contributed by atoms with Gasteiger partial charge in [0.15, 0.2) is 5.65 Å². The number of hydrogen-bond acceptors (Lipinski definition) is 5. The second-order valence-corrected chi connectivity index (χ2v) is 8.88. The molecule has 154 valence electrons. The van der Waals surface area contributed by atoms with Crippen LogP contribution in [0.5, 0.6) is 0 Å². The van der Waals surface area contributed by atoms with E-state index in [0.717, 1.165) is 25.9 Å². The van der Waals surface area contributed by atoms with Gasteiger partial charge in [-0.25, -0.2) is 0 Å². The molecule has 0 radical (unpaired) electrons. The molecule has 0 saturated carbocycles. The summed E-state index contributed by atoms with van der Waals surface area (Å²) in [6.45, 7) is 11.8. The maximum atomic E-state index is 12.7. The van der Waals surface area contributed by atoms with Gasteiger partial charge in [-0.3, -0.25) is 19.3 Å². The van der Waals surface area contributed by atoms with Gasteiger partial charge in [-0.15, -0.1) is 0 Å². The summed E-state index contributed by atoms with van der Waals surface area (Å²) in [5.41, 5.74) is 0.0103. The normalized spacial score (nSPS) is 19.2. The fraction of sp³-hybridized carbons (Fsp3) is 0.700. The number of hydrogen-bond donors (Lipinski definition) is 2. The van der Waals surface area contributed by atoms with Gasteiger partial charge < -0.3 is 10.2 Å². The lowest BCUT2D eigenvalue weighted by Crippen LogP contribution is -2.50. The van der Waals surface area contributed by atoms with Crippen LogP contribution >= 0.6 is 0 Å². The molecule has 0 aliphatic carbocycles. The number of aromatic amines is 1. The minimum absolute atomic E-state index is 0.0560. The highest BCUT2D eigenvalue weighted by Crippen LogP contribution is 2.28. The number of H-pyrrole nitrogens is 1. The molecule has 0 bridgehead atoms. The van der Waals surface area contributed by atoms with Crippen LogP contribution in [0.25, 0.3) is 11.0 Å². The average Bonchev–Trinajstić information content (AvgIpc) is 3.03. The lowest BCUT2D eigenvalue weighted by Gasteiger charge is -2.38. The van der Waals surface area contributed by atoms with Crippen LogP contribution in [-0.2, 0) is 11.8 Å². The summed E-state index contributed by atoms with van der Waals surface area (Å²) < 4.78 is 1.62. The molecule has 0 aromatic carbocycles. The van der Waals surface area contributed by atoms with E-state index in [2.05, 4.69) is 46.1 Å². The molecule has 3 heterocycles. The van der Waals surface area contributed by atoms with Crippen molar-refractivity contribution in [2.45, 2.75) is 53.5 Å². The van der Waals surface area contributed by atoms with E-state index in [0.29, 0.717) is 22.9 Å². The average molecular weight is 389 g/mol. The van der Waals surface area contributed by atoms with Crippen LogP contribution in [0, 0.1) is 17.3 Å². The van der Waals surface area contributed by atoms with Crippen molar-refractivity contribution in [2.24, 2.45) is 24.3 Å². The first-order valence-corrected chi connectivity index (χ1v) is 10.1. The lowest BCUT2D eigenvalue weighted by molar-refractivity contribution is -0.132. The smallest absolute Gasteiger partial charge is 0.263 e. The number of amides is 1. The highest BCUT2D eigenvalue weighted by Gasteiger charge is 2.34. The van der Waals surface area contributed by atoms with E-state index in [9.17, 15) is 9.59 Å². The first kappa shape index (κ1) is 20.4. The van der Waals surface area contributed by atoms with Gasteiger partial charge in [0.2, 0.25) is 11.9 Å². The molecule has 1 aliphatic heterocycles. The molecule has 2 N–H and O–H groups in total. The van der Waals surface area contributed by atoms with Crippen LogP contribution < -0.4 is 15.8 Å². The summed E-state index contributed by atoms with van der Waals surface area (Å²) in [4.78, 5) is 34.7. The van der Waals surface area contributed by atoms with E-state index in [4.69, 9.17) is 0 Å². The van der Waals surface area contributed by atoms with E-state index in [1.165, 1.54) is 6.20 Å². The summed E-state index contributed by atoms with van der Waals surface area (Å²) in [6, 6.07) is 0.0560. The molecule has 2 unspecified atom stereocenters. The fourth-order valence-corrected chi connectivity index (χ4v) is 3.55. The van der Waals surface area contributed by atoms with Crippen LogP contribution in [0.4, 0.5) is 5.95 Å². The van der Waals surface area contributed by atoms with Crippen LogP contribution in [0.2, 0.25) is 0 Å². The molecular weight excluding hydrogens is 356 g/mol.